The van der Waals surface area contributed by atoms with Crippen molar-refractivity contribution in [3.8, 4) is 0 Å². The minimum absolute atomic E-state index is 0.0294. The van der Waals surface area contributed by atoms with Gasteiger partial charge in [-0.2, -0.15) is 0 Å². The quantitative estimate of drug-likeness (QED) is 0.913. The maximum Gasteiger partial charge on any atom is 0.407 e. The third-order valence-electron chi connectivity index (χ3n) is 3.97. The fourth-order valence-corrected chi connectivity index (χ4v) is 2.90. The highest BCUT2D eigenvalue weighted by Crippen LogP contribution is 2.31. The molecular weight excluding hydrogens is 264 g/mol. The number of amides is 1. The minimum atomic E-state index is -0.303. The van der Waals surface area contributed by atoms with E-state index in [1.807, 2.05) is 20.8 Å². The molecule has 118 valence electrons. The van der Waals surface area contributed by atoms with Crippen LogP contribution < -0.4 is 5.32 Å². The molecule has 0 spiro atoms. The van der Waals surface area contributed by atoms with Crippen LogP contribution in [0.5, 0.6) is 0 Å². The molecule has 2 unspecified atom stereocenters. The van der Waals surface area contributed by atoms with Crippen molar-refractivity contribution in [1.29, 1.82) is 0 Å². The van der Waals surface area contributed by atoms with Crippen molar-refractivity contribution in [2.75, 3.05) is 0 Å². The minimum Gasteiger partial charge on any atom is -0.444 e. The topological polar surface area (TPSA) is 43.3 Å². The zero-order valence-electron chi connectivity index (χ0n) is 13.7. The molecule has 21 heavy (non-hydrogen) atoms. The van der Waals surface area contributed by atoms with E-state index in [2.05, 4.69) is 35.3 Å². The molecule has 1 saturated carbocycles. The van der Waals surface area contributed by atoms with Gasteiger partial charge in [-0.3, -0.25) is 0 Å². The Labute approximate surface area is 127 Å². The van der Waals surface area contributed by atoms with Gasteiger partial charge in [0.1, 0.15) is 6.10 Å². The number of aromatic nitrogens is 1. The van der Waals surface area contributed by atoms with Gasteiger partial charge in [-0.25, -0.2) is 4.79 Å². The van der Waals surface area contributed by atoms with Crippen LogP contribution in [-0.4, -0.2) is 22.3 Å². The van der Waals surface area contributed by atoms with Crippen molar-refractivity contribution in [3.63, 3.8) is 0 Å². The smallest absolute Gasteiger partial charge is 0.407 e. The Bertz CT molecular complexity index is 473. The van der Waals surface area contributed by atoms with E-state index in [1.54, 1.807) is 0 Å². The summed E-state index contributed by atoms with van der Waals surface area (Å²) in [4.78, 5) is 12.0. The number of ether oxygens (including phenoxy) is 1. The molecule has 4 nitrogen and oxygen atoms in total. The number of hydrogen-bond donors (Lipinski definition) is 1. The molecule has 0 saturated heterocycles. The number of nitrogens with zero attached hydrogens (tertiary/aromatic N) is 1. The zero-order valence-corrected chi connectivity index (χ0v) is 13.7. The summed E-state index contributed by atoms with van der Waals surface area (Å²) >= 11 is 0. The highest BCUT2D eigenvalue weighted by Gasteiger charge is 2.30. The lowest BCUT2D eigenvalue weighted by molar-refractivity contribution is 0.0380. The largest absolute Gasteiger partial charge is 0.444 e. The molecule has 0 aliphatic heterocycles. The zero-order chi connectivity index (χ0) is 15.5. The monoisotopic (exact) mass is 292 g/mol. The first-order valence-corrected chi connectivity index (χ1v) is 8.04. The van der Waals surface area contributed by atoms with Crippen LogP contribution in [0.3, 0.4) is 0 Å². The van der Waals surface area contributed by atoms with Gasteiger partial charge in [-0.05, 0) is 58.1 Å². The summed E-state index contributed by atoms with van der Waals surface area (Å²) in [6, 6.07) is 2.42. The van der Waals surface area contributed by atoms with Gasteiger partial charge in [-0.1, -0.05) is 13.3 Å². The number of carbonyl (C=O) groups is 1. The Morgan fingerprint density at radius 1 is 1.38 bits per heavy atom. The molecule has 1 heterocycles. The van der Waals surface area contributed by atoms with E-state index in [9.17, 15) is 4.79 Å². The van der Waals surface area contributed by atoms with Gasteiger partial charge in [0.25, 0.3) is 0 Å². The van der Waals surface area contributed by atoms with Gasteiger partial charge in [0.15, 0.2) is 0 Å². The third kappa shape index (κ3) is 4.51. The van der Waals surface area contributed by atoms with Crippen LogP contribution in [0.1, 0.15) is 65.0 Å². The lowest BCUT2D eigenvalue weighted by atomic mass is 9.92. The molecule has 1 fully saturated rings. The van der Waals surface area contributed by atoms with Crippen molar-refractivity contribution >= 4 is 6.09 Å². The van der Waals surface area contributed by atoms with Gasteiger partial charge >= 0.3 is 6.09 Å². The summed E-state index contributed by atoms with van der Waals surface area (Å²) in [5.41, 5.74) is 1.07. The van der Waals surface area contributed by atoms with Gasteiger partial charge in [0.2, 0.25) is 0 Å². The fraction of sp³-hybridized carbons (Fsp3) is 0.706. The summed E-state index contributed by atoms with van der Waals surface area (Å²) in [7, 11) is 0. The molecule has 2 rings (SSSR count). The van der Waals surface area contributed by atoms with E-state index in [4.69, 9.17) is 4.74 Å². The van der Waals surface area contributed by atoms with E-state index in [0.29, 0.717) is 0 Å². The van der Waals surface area contributed by atoms with Gasteiger partial charge in [-0.15, -0.1) is 0 Å². The van der Waals surface area contributed by atoms with Crippen LogP contribution in [0.2, 0.25) is 0 Å². The predicted octanol–water partition coefficient (Wildman–Crippen LogP) is 4.06. The highest BCUT2D eigenvalue weighted by molar-refractivity contribution is 5.68. The van der Waals surface area contributed by atoms with E-state index in [1.165, 1.54) is 12.0 Å². The van der Waals surface area contributed by atoms with Crippen molar-refractivity contribution in [2.24, 2.45) is 0 Å². The molecule has 0 bridgehead atoms. The van der Waals surface area contributed by atoms with Gasteiger partial charge in [0.05, 0.1) is 6.04 Å². The van der Waals surface area contributed by atoms with Gasteiger partial charge < -0.3 is 14.6 Å². The molecule has 1 aromatic heterocycles. The Hall–Kier alpha value is -1.45. The van der Waals surface area contributed by atoms with Crippen LogP contribution in [0, 0.1) is 0 Å². The second-order valence-electron chi connectivity index (χ2n) is 6.99. The number of aryl methyl sites for hydroxylation is 1. The summed E-state index contributed by atoms with van der Waals surface area (Å²) in [6.07, 6.45) is 9.36. The van der Waals surface area contributed by atoms with Crippen LogP contribution in [0.15, 0.2) is 18.5 Å². The number of nitrogens with one attached hydrogen (secondary N) is 1. The number of hydrogen-bond acceptors (Lipinski definition) is 2. The standard InChI is InChI=1S/C17H28N2O2/c1-5-13-10-11-19(12-13)14-8-6-7-9-15(14)21-16(20)18-17(2,3)4/h10-12,14-15H,5-9H2,1-4H3,(H,18,20). The average molecular weight is 292 g/mol. The van der Waals surface area contributed by atoms with Crippen molar-refractivity contribution in [1.82, 2.24) is 9.88 Å². The summed E-state index contributed by atoms with van der Waals surface area (Å²) in [6.45, 7) is 8.05. The fourth-order valence-electron chi connectivity index (χ4n) is 2.90. The molecule has 0 radical (unpaired) electrons. The van der Waals surface area contributed by atoms with Crippen molar-refractivity contribution < 1.29 is 9.53 Å². The van der Waals surface area contributed by atoms with Gasteiger partial charge in [0, 0.05) is 17.9 Å². The van der Waals surface area contributed by atoms with Crippen LogP contribution in [0.25, 0.3) is 0 Å². The number of carbonyl (C=O) groups excluding carboxylic acids is 1. The summed E-state index contributed by atoms with van der Waals surface area (Å²) in [5, 5.41) is 2.88. The second kappa shape index (κ2) is 6.54. The number of alkyl carbamates (subject to hydrolysis) is 1. The molecule has 4 heteroatoms. The molecule has 1 N–H and O–H groups in total. The van der Waals surface area contributed by atoms with E-state index >= 15 is 0 Å². The molecule has 1 amide bonds. The summed E-state index contributed by atoms with van der Waals surface area (Å²) < 4.78 is 7.94. The van der Waals surface area contributed by atoms with E-state index < -0.39 is 0 Å². The first-order chi connectivity index (χ1) is 9.89. The van der Waals surface area contributed by atoms with E-state index in [0.717, 1.165) is 25.7 Å². The molecule has 2 atom stereocenters. The van der Waals surface area contributed by atoms with Crippen LogP contribution in [-0.2, 0) is 11.2 Å². The Morgan fingerprint density at radius 3 is 2.71 bits per heavy atom. The van der Waals surface area contributed by atoms with Crippen LogP contribution in [0.4, 0.5) is 4.79 Å². The Morgan fingerprint density at radius 2 is 2.10 bits per heavy atom. The predicted molar refractivity (Wildman–Crippen MR) is 84.5 cm³/mol. The highest BCUT2D eigenvalue weighted by atomic mass is 16.6. The Balaban J connectivity index is 2.03. The molecule has 0 aromatic carbocycles. The molecule has 1 aromatic rings. The summed E-state index contributed by atoms with van der Waals surface area (Å²) in [5.74, 6) is 0. The van der Waals surface area contributed by atoms with E-state index in [-0.39, 0.29) is 23.8 Å². The second-order valence-corrected chi connectivity index (χ2v) is 6.99. The van der Waals surface area contributed by atoms with Crippen LogP contribution >= 0.6 is 0 Å². The Kier molecular flexibility index (Phi) is 4.96. The first kappa shape index (κ1) is 15.9. The molecule has 1 aliphatic rings. The number of rotatable bonds is 3. The third-order valence-corrected chi connectivity index (χ3v) is 3.97. The molecular formula is C17H28N2O2. The maximum atomic E-state index is 12.0. The first-order valence-electron chi connectivity index (χ1n) is 8.04. The van der Waals surface area contributed by atoms with Crippen molar-refractivity contribution in [2.45, 2.75) is 77.5 Å². The van der Waals surface area contributed by atoms with Crippen molar-refractivity contribution in [3.05, 3.63) is 24.0 Å². The molecule has 1 aliphatic carbocycles. The lowest BCUT2D eigenvalue weighted by Gasteiger charge is -2.33. The normalized spacial score (nSPS) is 22.9. The maximum absolute atomic E-state index is 12.0. The average Bonchev–Trinajstić information content (AvgIpc) is 2.85. The SMILES string of the molecule is CCc1ccn(C2CCCCC2OC(=O)NC(C)(C)C)c1. The lowest BCUT2D eigenvalue weighted by Crippen LogP contribution is -2.44.